The molecule has 0 unspecified atom stereocenters. The summed E-state index contributed by atoms with van der Waals surface area (Å²) in [5, 5.41) is 1.62. The van der Waals surface area contributed by atoms with Crippen LogP contribution in [0.2, 0.25) is 15.1 Å². The number of hydrogen-bond acceptors (Lipinski definition) is 3. The van der Waals surface area contributed by atoms with Crippen molar-refractivity contribution in [1.29, 1.82) is 0 Å². The van der Waals surface area contributed by atoms with Crippen LogP contribution in [0.25, 0.3) is 0 Å². The molecule has 2 aromatic carbocycles. The highest BCUT2D eigenvalue weighted by Crippen LogP contribution is 2.27. The number of ether oxygens (including phenoxy) is 2. The Balaban J connectivity index is 1.75. The van der Waals surface area contributed by atoms with Crippen LogP contribution in [0.1, 0.15) is 18.4 Å². The number of benzene rings is 2. The van der Waals surface area contributed by atoms with Crippen LogP contribution in [0.4, 0.5) is 0 Å². The minimum Gasteiger partial charge on any atom is -0.492 e. The van der Waals surface area contributed by atoms with Gasteiger partial charge in [-0.05, 0) is 55.3 Å². The molecule has 23 heavy (non-hydrogen) atoms. The van der Waals surface area contributed by atoms with Crippen LogP contribution in [0.3, 0.4) is 0 Å². The Morgan fingerprint density at radius 2 is 1.83 bits per heavy atom. The SMILES string of the molecule is Cc1cc(OC(=O)CCCOc2ccc(Cl)cc2Cl)ccc1Cl. The molecule has 2 rings (SSSR count). The van der Waals surface area contributed by atoms with E-state index in [9.17, 15) is 4.79 Å². The van der Waals surface area contributed by atoms with Gasteiger partial charge in [-0.15, -0.1) is 0 Å². The van der Waals surface area contributed by atoms with E-state index in [1.807, 2.05) is 6.92 Å². The molecule has 0 saturated carbocycles. The molecule has 3 nitrogen and oxygen atoms in total. The molecule has 0 atom stereocenters. The lowest BCUT2D eigenvalue weighted by Gasteiger charge is -2.08. The van der Waals surface area contributed by atoms with Crippen LogP contribution in [0.15, 0.2) is 36.4 Å². The molecule has 0 fully saturated rings. The van der Waals surface area contributed by atoms with E-state index in [-0.39, 0.29) is 12.4 Å². The lowest BCUT2D eigenvalue weighted by Crippen LogP contribution is -2.10. The summed E-state index contributed by atoms with van der Waals surface area (Å²) in [5.41, 5.74) is 0.859. The van der Waals surface area contributed by atoms with Gasteiger partial charge in [0.1, 0.15) is 11.5 Å². The maximum Gasteiger partial charge on any atom is 0.311 e. The Hall–Kier alpha value is -1.42. The number of carbonyl (C=O) groups is 1. The summed E-state index contributed by atoms with van der Waals surface area (Å²) in [6, 6.07) is 10.1. The van der Waals surface area contributed by atoms with E-state index in [4.69, 9.17) is 44.3 Å². The second-order valence-corrected chi connectivity index (χ2v) is 6.16. The van der Waals surface area contributed by atoms with Crippen LogP contribution in [-0.4, -0.2) is 12.6 Å². The zero-order valence-corrected chi connectivity index (χ0v) is 14.7. The van der Waals surface area contributed by atoms with Crippen molar-refractivity contribution in [2.45, 2.75) is 19.8 Å². The molecule has 0 bridgehead atoms. The van der Waals surface area contributed by atoms with Crippen LogP contribution in [0, 0.1) is 6.92 Å². The third-order valence-corrected chi connectivity index (χ3v) is 3.99. The fourth-order valence-corrected chi connectivity index (χ4v) is 2.43. The molecule has 6 heteroatoms. The van der Waals surface area contributed by atoms with Gasteiger partial charge in [-0.3, -0.25) is 4.79 Å². The minimum atomic E-state index is -0.322. The molecule has 0 N–H and O–H groups in total. The third kappa shape index (κ3) is 5.61. The first-order valence-corrected chi connectivity index (χ1v) is 8.14. The topological polar surface area (TPSA) is 35.5 Å². The molecule has 122 valence electrons. The Morgan fingerprint density at radius 1 is 1.04 bits per heavy atom. The molecule has 0 aliphatic heterocycles. The summed E-state index contributed by atoms with van der Waals surface area (Å²) in [5.74, 6) is 0.703. The van der Waals surface area contributed by atoms with Gasteiger partial charge >= 0.3 is 5.97 Å². The van der Waals surface area contributed by atoms with Gasteiger partial charge in [0.2, 0.25) is 0 Å². The first-order chi connectivity index (χ1) is 11.0. The van der Waals surface area contributed by atoms with Crippen molar-refractivity contribution < 1.29 is 14.3 Å². The van der Waals surface area contributed by atoms with Crippen LogP contribution >= 0.6 is 34.8 Å². The van der Waals surface area contributed by atoms with Crippen molar-refractivity contribution in [2.75, 3.05) is 6.61 Å². The number of esters is 1. The van der Waals surface area contributed by atoms with E-state index in [1.165, 1.54) is 0 Å². The van der Waals surface area contributed by atoms with E-state index in [1.54, 1.807) is 36.4 Å². The highest BCUT2D eigenvalue weighted by molar-refractivity contribution is 6.35. The van der Waals surface area contributed by atoms with Crippen LogP contribution < -0.4 is 9.47 Å². The van der Waals surface area contributed by atoms with Crippen LogP contribution in [-0.2, 0) is 4.79 Å². The van der Waals surface area contributed by atoms with Crippen molar-refractivity contribution in [3.8, 4) is 11.5 Å². The smallest absolute Gasteiger partial charge is 0.311 e. The van der Waals surface area contributed by atoms with Gasteiger partial charge in [0.25, 0.3) is 0 Å². The summed E-state index contributed by atoms with van der Waals surface area (Å²) >= 11 is 17.7. The highest BCUT2D eigenvalue weighted by atomic mass is 35.5. The third-order valence-electron chi connectivity index (χ3n) is 3.04. The highest BCUT2D eigenvalue weighted by Gasteiger charge is 2.07. The molecule has 0 spiro atoms. The molecular formula is C17H15Cl3O3. The predicted molar refractivity (Wildman–Crippen MR) is 93.0 cm³/mol. The second-order valence-electron chi connectivity index (χ2n) is 4.91. The van der Waals surface area contributed by atoms with Gasteiger partial charge in [0.15, 0.2) is 0 Å². The number of carbonyl (C=O) groups excluding carboxylic acids is 1. The van der Waals surface area contributed by atoms with Crippen LogP contribution in [0.5, 0.6) is 11.5 Å². The Labute approximate surface area is 150 Å². The normalized spacial score (nSPS) is 10.4. The maximum atomic E-state index is 11.8. The maximum absolute atomic E-state index is 11.8. The minimum absolute atomic E-state index is 0.243. The van der Waals surface area contributed by atoms with Gasteiger partial charge < -0.3 is 9.47 Å². The van der Waals surface area contributed by atoms with Crippen molar-refractivity contribution in [3.63, 3.8) is 0 Å². The van der Waals surface area contributed by atoms with Gasteiger partial charge in [-0.1, -0.05) is 34.8 Å². The van der Waals surface area contributed by atoms with E-state index >= 15 is 0 Å². The lowest BCUT2D eigenvalue weighted by molar-refractivity contribution is -0.134. The second kappa shape index (κ2) is 8.44. The van der Waals surface area contributed by atoms with Gasteiger partial charge in [0, 0.05) is 16.5 Å². The Morgan fingerprint density at radius 3 is 2.52 bits per heavy atom. The molecule has 2 aromatic rings. The Bertz CT molecular complexity index is 701. The number of halogens is 3. The number of rotatable bonds is 6. The number of aryl methyl sites for hydroxylation is 1. The molecule has 0 amide bonds. The fraction of sp³-hybridized carbons (Fsp3) is 0.235. The van der Waals surface area contributed by atoms with Crippen molar-refractivity contribution in [1.82, 2.24) is 0 Å². The van der Waals surface area contributed by atoms with E-state index in [2.05, 4.69) is 0 Å². The van der Waals surface area contributed by atoms with Gasteiger partial charge in [0.05, 0.1) is 11.6 Å². The average Bonchev–Trinajstić information content (AvgIpc) is 2.49. The van der Waals surface area contributed by atoms with Gasteiger partial charge in [-0.2, -0.15) is 0 Å². The zero-order valence-electron chi connectivity index (χ0n) is 12.4. The monoisotopic (exact) mass is 372 g/mol. The summed E-state index contributed by atoms with van der Waals surface area (Å²) in [7, 11) is 0. The van der Waals surface area contributed by atoms with E-state index in [0.717, 1.165) is 5.56 Å². The standard InChI is InChI=1S/C17H15Cl3O3/c1-11-9-13(5-6-14(11)19)23-17(21)3-2-8-22-16-7-4-12(18)10-15(16)20/h4-7,9-10H,2-3,8H2,1H3. The summed E-state index contributed by atoms with van der Waals surface area (Å²) in [6.07, 6.45) is 0.761. The first-order valence-electron chi connectivity index (χ1n) is 7.00. The first kappa shape index (κ1) is 17.9. The van der Waals surface area contributed by atoms with E-state index in [0.29, 0.717) is 39.6 Å². The van der Waals surface area contributed by atoms with Crippen molar-refractivity contribution in [3.05, 3.63) is 57.0 Å². The average molecular weight is 374 g/mol. The molecule has 0 aromatic heterocycles. The number of hydrogen-bond donors (Lipinski definition) is 0. The lowest BCUT2D eigenvalue weighted by atomic mass is 10.2. The molecule has 0 aliphatic rings. The quantitative estimate of drug-likeness (QED) is 0.369. The largest absolute Gasteiger partial charge is 0.492 e. The van der Waals surface area contributed by atoms with Crippen molar-refractivity contribution >= 4 is 40.8 Å². The molecular weight excluding hydrogens is 359 g/mol. The molecule has 0 radical (unpaired) electrons. The predicted octanol–water partition coefficient (Wildman–Crippen LogP) is 5.72. The fourth-order valence-electron chi connectivity index (χ4n) is 1.85. The molecule has 0 saturated heterocycles. The van der Waals surface area contributed by atoms with Crippen molar-refractivity contribution in [2.24, 2.45) is 0 Å². The summed E-state index contributed by atoms with van der Waals surface area (Å²) < 4.78 is 10.8. The van der Waals surface area contributed by atoms with E-state index < -0.39 is 0 Å². The van der Waals surface area contributed by atoms with Gasteiger partial charge in [-0.25, -0.2) is 0 Å². The molecule has 0 heterocycles. The zero-order chi connectivity index (χ0) is 16.8. The summed E-state index contributed by atoms with van der Waals surface area (Å²) in [6.45, 7) is 2.21. The Kier molecular flexibility index (Phi) is 6.58. The summed E-state index contributed by atoms with van der Waals surface area (Å²) in [4.78, 5) is 11.8. The molecule has 0 aliphatic carbocycles.